The number of anilines is 1. The third kappa shape index (κ3) is 4.50. The lowest BCUT2D eigenvalue weighted by Crippen LogP contribution is -2.51. The molecule has 8 heteroatoms. The second-order valence-electron chi connectivity index (χ2n) is 7.20. The van der Waals surface area contributed by atoms with Gasteiger partial charge in [-0.25, -0.2) is 4.79 Å². The zero-order chi connectivity index (χ0) is 18.7. The number of nitro groups is 1. The number of likely N-dealkylation sites (tertiary alicyclic amines) is 1. The van der Waals surface area contributed by atoms with Gasteiger partial charge in [-0.1, -0.05) is 6.07 Å². The van der Waals surface area contributed by atoms with Crippen LogP contribution in [0.15, 0.2) is 24.3 Å². The lowest BCUT2D eigenvalue weighted by Gasteiger charge is -2.38. The molecule has 2 aliphatic heterocycles. The van der Waals surface area contributed by atoms with E-state index in [1.807, 2.05) is 4.90 Å². The molecule has 2 amide bonds. The zero-order valence-electron chi connectivity index (χ0n) is 15.3. The van der Waals surface area contributed by atoms with Crippen LogP contribution in [0, 0.1) is 10.1 Å². The normalized spacial score (nSPS) is 26.7. The van der Waals surface area contributed by atoms with Crippen molar-refractivity contribution < 1.29 is 14.5 Å². The van der Waals surface area contributed by atoms with E-state index in [9.17, 15) is 14.9 Å². The molecule has 2 fully saturated rings. The number of carbonyl (C=O) groups is 1. The summed E-state index contributed by atoms with van der Waals surface area (Å²) in [4.78, 5) is 27.3. The van der Waals surface area contributed by atoms with Gasteiger partial charge in [0.1, 0.15) is 0 Å². The Bertz CT molecular complexity index is 658. The van der Waals surface area contributed by atoms with Crippen LogP contribution >= 0.6 is 0 Å². The van der Waals surface area contributed by atoms with Crippen molar-refractivity contribution in [1.82, 2.24) is 9.80 Å². The van der Waals surface area contributed by atoms with Crippen molar-refractivity contribution in [2.45, 2.75) is 44.9 Å². The molecule has 1 aromatic rings. The number of hydrogen-bond donors (Lipinski definition) is 1. The Labute approximate surface area is 153 Å². The summed E-state index contributed by atoms with van der Waals surface area (Å²) in [6.45, 7) is 7.44. The molecule has 2 saturated heterocycles. The summed E-state index contributed by atoms with van der Waals surface area (Å²) in [5, 5.41) is 13.7. The predicted octanol–water partition coefficient (Wildman–Crippen LogP) is 2.70. The van der Waals surface area contributed by atoms with E-state index >= 15 is 0 Å². The number of non-ortho nitro benzene ring substituents is 1. The molecule has 142 valence electrons. The summed E-state index contributed by atoms with van der Waals surface area (Å²) in [5.74, 6) is 0. The standard InChI is InChI=1S/C18H26N4O4/c1-13-10-20(11-14(2)26-13)12-17-7-4-8-21(17)18(23)19-15-5-3-6-16(9-15)22(24)25/h3,5-6,9,13-14,17H,4,7-8,10-12H2,1-2H3,(H,19,23). The molecular formula is C18H26N4O4. The first-order valence-electron chi connectivity index (χ1n) is 9.12. The zero-order valence-corrected chi connectivity index (χ0v) is 15.3. The van der Waals surface area contributed by atoms with Crippen molar-refractivity contribution in [3.8, 4) is 0 Å². The maximum absolute atomic E-state index is 12.7. The fourth-order valence-corrected chi connectivity index (χ4v) is 3.92. The van der Waals surface area contributed by atoms with Crippen LogP contribution in [0.3, 0.4) is 0 Å². The first kappa shape index (κ1) is 18.6. The van der Waals surface area contributed by atoms with Gasteiger partial charge < -0.3 is 15.0 Å². The van der Waals surface area contributed by atoms with Gasteiger partial charge in [-0.3, -0.25) is 15.0 Å². The van der Waals surface area contributed by atoms with Crippen LogP contribution in [0.2, 0.25) is 0 Å². The van der Waals surface area contributed by atoms with Crippen LogP contribution in [-0.2, 0) is 4.74 Å². The van der Waals surface area contributed by atoms with Gasteiger partial charge in [0, 0.05) is 50.0 Å². The number of rotatable bonds is 4. The van der Waals surface area contributed by atoms with Crippen LogP contribution in [0.4, 0.5) is 16.2 Å². The number of nitro benzene ring substituents is 1. The third-order valence-electron chi connectivity index (χ3n) is 4.91. The molecule has 0 spiro atoms. The summed E-state index contributed by atoms with van der Waals surface area (Å²) in [5.41, 5.74) is 0.417. The summed E-state index contributed by atoms with van der Waals surface area (Å²) >= 11 is 0. The number of urea groups is 1. The minimum absolute atomic E-state index is 0.0305. The van der Waals surface area contributed by atoms with Crippen LogP contribution in [-0.4, -0.2) is 65.2 Å². The molecule has 3 atom stereocenters. The van der Waals surface area contributed by atoms with E-state index in [1.165, 1.54) is 12.1 Å². The highest BCUT2D eigenvalue weighted by Gasteiger charge is 2.32. The van der Waals surface area contributed by atoms with Crippen molar-refractivity contribution in [3.05, 3.63) is 34.4 Å². The number of ether oxygens (including phenoxy) is 1. The second kappa shape index (κ2) is 8.01. The maximum Gasteiger partial charge on any atom is 0.322 e. The summed E-state index contributed by atoms with van der Waals surface area (Å²) in [6.07, 6.45) is 2.35. The Kier molecular flexibility index (Phi) is 5.73. The minimum Gasteiger partial charge on any atom is -0.373 e. The fourth-order valence-electron chi connectivity index (χ4n) is 3.92. The molecule has 3 rings (SSSR count). The second-order valence-corrected chi connectivity index (χ2v) is 7.20. The monoisotopic (exact) mass is 362 g/mol. The summed E-state index contributed by atoms with van der Waals surface area (Å²) < 4.78 is 5.78. The average Bonchev–Trinajstić information content (AvgIpc) is 3.02. The highest BCUT2D eigenvalue weighted by Crippen LogP contribution is 2.23. The highest BCUT2D eigenvalue weighted by atomic mass is 16.6. The predicted molar refractivity (Wildman–Crippen MR) is 98.3 cm³/mol. The Balaban J connectivity index is 1.61. The van der Waals surface area contributed by atoms with Gasteiger partial charge in [0.15, 0.2) is 0 Å². The number of benzene rings is 1. The van der Waals surface area contributed by atoms with Crippen molar-refractivity contribution >= 4 is 17.4 Å². The maximum atomic E-state index is 12.7. The van der Waals surface area contributed by atoms with Crippen molar-refractivity contribution in [2.24, 2.45) is 0 Å². The third-order valence-corrected chi connectivity index (χ3v) is 4.91. The van der Waals surface area contributed by atoms with Gasteiger partial charge in [-0.2, -0.15) is 0 Å². The molecule has 0 saturated carbocycles. The molecule has 0 radical (unpaired) electrons. The van der Waals surface area contributed by atoms with E-state index < -0.39 is 4.92 Å². The number of nitrogens with zero attached hydrogens (tertiary/aromatic N) is 3. The van der Waals surface area contributed by atoms with Crippen molar-refractivity contribution in [1.29, 1.82) is 0 Å². The van der Waals surface area contributed by atoms with Gasteiger partial charge in [-0.15, -0.1) is 0 Å². The fraction of sp³-hybridized carbons (Fsp3) is 0.611. The molecular weight excluding hydrogens is 336 g/mol. The topological polar surface area (TPSA) is 88.0 Å². The molecule has 1 N–H and O–H groups in total. The van der Waals surface area contributed by atoms with E-state index in [2.05, 4.69) is 24.1 Å². The van der Waals surface area contributed by atoms with Crippen LogP contribution in [0.25, 0.3) is 0 Å². The van der Waals surface area contributed by atoms with Gasteiger partial charge in [0.2, 0.25) is 0 Å². The highest BCUT2D eigenvalue weighted by molar-refractivity contribution is 5.90. The molecule has 2 aliphatic rings. The van der Waals surface area contributed by atoms with Crippen LogP contribution < -0.4 is 5.32 Å². The molecule has 0 bridgehead atoms. The van der Waals surface area contributed by atoms with Gasteiger partial charge in [0.05, 0.1) is 17.1 Å². The molecule has 26 heavy (non-hydrogen) atoms. The Morgan fingerprint density at radius 3 is 2.77 bits per heavy atom. The smallest absolute Gasteiger partial charge is 0.322 e. The summed E-state index contributed by atoms with van der Waals surface area (Å²) in [6, 6.07) is 6.00. The quantitative estimate of drug-likeness (QED) is 0.657. The summed E-state index contributed by atoms with van der Waals surface area (Å²) in [7, 11) is 0. The van der Waals surface area contributed by atoms with Gasteiger partial charge in [0.25, 0.3) is 5.69 Å². The van der Waals surface area contributed by atoms with E-state index in [0.717, 1.165) is 32.5 Å². The number of amides is 2. The molecule has 1 aromatic carbocycles. The van der Waals surface area contributed by atoms with Crippen molar-refractivity contribution in [2.75, 3.05) is 31.5 Å². The first-order chi connectivity index (χ1) is 12.4. The molecule has 8 nitrogen and oxygen atoms in total. The van der Waals surface area contributed by atoms with Gasteiger partial charge in [-0.05, 0) is 32.8 Å². The SMILES string of the molecule is CC1CN(CC2CCCN2C(=O)Nc2cccc([N+](=O)[O-])c2)CC(C)O1. The Hall–Kier alpha value is -2.19. The Morgan fingerprint density at radius 1 is 1.35 bits per heavy atom. The number of hydrogen-bond acceptors (Lipinski definition) is 5. The molecule has 2 heterocycles. The first-order valence-corrected chi connectivity index (χ1v) is 9.12. The van der Waals surface area contributed by atoms with Crippen LogP contribution in [0.5, 0.6) is 0 Å². The van der Waals surface area contributed by atoms with Crippen LogP contribution in [0.1, 0.15) is 26.7 Å². The van der Waals surface area contributed by atoms with E-state index in [-0.39, 0.29) is 30.0 Å². The average molecular weight is 362 g/mol. The van der Waals surface area contributed by atoms with E-state index in [1.54, 1.807) is 12.1 Å². The number of carbonyl (C=O) groups excluding carboxylic acids is 1. The van der Waals surface area contributed by atoms with Crippen molar-refractivity contribution in [3.63, 3.8) is 0 Å². The molecule has 0 aromatic heterocycles. The van der Waals surface area contributed by atoms with Gasteiger partial charge >= 0.3 is 6.03 Å². The lowest BCUT2D eigenvalue weighted by molar-refractivity contribution is -0.384. The lowest BCUT2D eigenvalue weighted by atomic mass is 10.1. The minimum atomic E-state index is -0.463. The largest absolute Gasteiger partial charge is 0.373 e. The number of morpholine rings is 1. The Morgan fingerprint density at radius 2 is 2.08 bits per heavy atom. The van der Waals surface area contributed by atoms with E-state index in [4.69, 9.17) is 4.74 Å². The molecule has 3 unspecified atom stereocenters. The van der Waals surface area contributed by atoms with E-state index in [0.29, 0.717) is 12.2 Å². The number of nitrogens with one attached hydrogen (secondary N) is 1. The molecule has 0 aliphatic carbocycles.